The van der Waals surface area contributed by atoms with Crippen LogP contribution in [-0.4, -0.2) is 37.5 Å². The molecule has 2 aromatic carbocycles. The number of ether oxygens (including phenoxy) is 1. The van der Waals surface area contributed by atoms with Crippen LogP contribution in [0.3, 0.4) is 0 Å². The van der Waals surface area contributed by atoms with Crippen molar-refractivity contribution in [2.24, 2.45) is 0 Å². The van der Waals surface area contributed by atoms with Crippen LogP contribution in [0.5, 0.6) is 5.75 Å². The molecule has 0 aromatic heterocycles. The zero-order valence-electron chi connectivity index (χ0n) is 15.0. The van der Waals surface area contributed by atoms with Crippen LogP contribution >= 0.6 is 0 Å². The average molecular weight is 353 g/mol. The summed E-state index contributed by atoms with van der Waals surface area (Å²) in [4.78, 5) is 26.6. The van der Waals surface area contributed by atoms with Gasteiger partial charge in [0.1, 0.15) is 5.75 Å². The molecule has 0 radical (unpaired) electrons. The van der Waals surface area contributed by atoms with Crippen LogP contribution < -0.4 is 15.4 Å². The highest BCUT2D eigenvalue weighted by Crippen LogP contribution is 2.33. The van der Waals surface area contributed by atoms with Gasteiger partial charge in [0.25, 0.3) is 5.91 Å². The Labute approximate surface area is 153 Å². The van der Waals surface area contributed by atoms with E-state index in [1.807, 2.05) is 35.2 Å². The molecule has 1 atom stereocenters. The molecule has 1 aliphatic heterocycles. The van der Waals surface area contributed by atoms with Gasteiger partial charge in [-0.3, -0.25) is 4.79 Å². The number of carbonyl (C=O) groups excluding carboxylic acids is 2. The van der Waals surface area contributed by atoms with Crippen LogP contribution in [0.2, 0.25) is 0 Å². The second kappa shape index (κ2) is 7.91. The summed E-state index contributed by atoms with van der Waals surface area (Å²) in [6.45, 7) is 0.697. The van der Waals surface area contributed by atoms with E-state index in [2.05, 4.69) is 10.6 Å². The number of carbonyl (C=O) groups is 2. The number of amides is 3. The van der Waals surface area contributed by atoms with E-state index in [9.17, 15) is 9.59 Å². The zero-order valence-corrected chi connectivity index (χ0v) is 15.0. The maximum absolute atomic E-state index is 12.9. The molecule has 0 bridgehead atoms. The lowest BCUT2D eigenvalue weighted by atomic mass is 10.1. The normalized spacial score (nSPS) is 16.2. The van der Waals surface area contributed by atoms with Crippen molar-refractivity contribution < 1.29 is 14.3 Å². The molecule has 1 saturated heterocycles. The first-order valence-electron chi connectivity index (χ1n) is 8.66. The minimum absolute atomic E-state index is 0.0596. The van der Waals surface area contributed by atoms with Gasteiger partial charge in [-0.2, -0.15) is 0 Å². The average Bonchev–Trinajstić information content (AvgIpc) is 3.18. The van der Waals surface area contributed by atoms with Crippen LogP contribution in [0.1, 0.15) is 34.8 Å². The summed E-state index contributed by atoms with van der Waals surface area (Å²) in [6.07, 6.45) is 1.90. The molecule has 0 saturated carbocycles. The molecule has 2 N–H and O–H groups in total. The highest BCUT2D eigenvalue weighted by Gasteiger charge is 2.30. The zero-order chi connectivity index (χ0) is 18.5. The van der Waals surface area contributed by atoms with Gasteiger partial charge >= 0.3 is 6.03 Å². The number of hydrogen-bond acceptors (Lipinski definition) is 3. The summed E-state index contributed by atoms with van der Waals surface area (Å²) in [5.74, 6) is 0.299. The predicted molar refractivity (Wildman–Crippen MR) is 101 cm³/mol. The molecular weight excluding hydrogens is 330 g/mol. The van der Waals surface area contributed by atoms with Crippen molar-refractivity contribution in [3.8, 4) is 5.75 Å². The largest absolute Gasteiger partial charge is 0.495 e. The number of hydrogen-bond donors (Lipinski definition) is 2. The molecule has 1 aliphatic rings. The molecule has 1 fully saturated rings. The lowest BCUT2D eigenvalue weighted by molar-refractivity contribution is 0.0963. The van der Waals surface area contributed by atoms with Crippen molar-refractivity contribution in [2.75, 3.05) is 26.0 Å². The maximum Gasteiger partial charge on any atom is 0.322 e. The lowest BCUT2D eigenvalue weighted by Gasteiger charge is -2.26. The smallest absolute Gasteiger partial charge is 0.322 e. The Hall–Kier alpha value is -3.02. The molecule has 2 aromatic rings. The number of methoxy groups -OCH3 is 1. The third-order valence-electron chi connectivity index (χ3n) is 4.63. The van der Waals surface area contributed by atoms with Gasteiger partial charge in [0.15, 0.2) is 0 Å². The highest BCUT2D eigenvalue weighted by molar-refractivity contribution is 5.98. The Balaban J connectivity index is 1.82. The fourth-order valence-electron chi connectivity index (χ4n) is 3.31. The number of nitrogens with one attached hydrogen (secondary N) is 2. The Kier molecular flexibility index (Phi) is 5.41. The van der Waals surface area contributed by atoms with Crippen molar-refractivity contribution in [1.29, 1.82) is 0 Å². The van der Waals surface area contributed by atoms with Gasteiger partial charge < -0.3 is 20.3 Å². The molecule has 0 aliphatic carbocycles. The summed E-state index contributed by atoms with van der Waals surface area (Å²) in [7, 11) is 3.10. The number of rotatable bonds is 4. The molecule has 136 valence electrons. The van der Waals surface area contributed by atoms with E-state index in [0.29, 0.717) is 23.5 Å². The Morgan fingerprint density at radius 3 is 2.62 bits per heavy atom. The van der Waals surface area contributed by atoms with Crippen LogP contribution in [0.4, 0.5) is 10.5 Å². The molecular formula is C20H23N3O3. The topological polar surface area (TPSA) is 70.7 Å². The summed E-state index contributed by atoms with van der Waals surface area (Å²) in [5, 5.41) is 5.48. The number of benzene rings is 2. The van der Waals surface area contributed by atoms with E-state index in [4.69, 9.17) is 4.74 Å². The number of nitrogens with zero attached hydrogens (tertiary/aromatic N) is 1. The fraction of sp³-hybridized carbons (Fsp3) is 0.300. The molecule has 1 unspecified atom stereocenters. The Morgan fingerprint density at radius 1 is 1.15 bits per heavy atom. The molecule has 0 spiro atoms. The minimum Gasteiger partial charge on any atom is -0.495 e. The Bertz CT molecular complexity index is 792. The number of urea groups is 1. The monoisotopic (exact) mass is 353 g/mol. The van der Waals surface area contributed by atoms with Gasteiger partial charge in [-0.25, -0.2) is 4.79 Å². The summed E-state index contributed by atoms with van der Waals surface area (Å²) < 4.78 is 5.32. The standard InChI is InChI=1S/C20H23N3O3/c1-21-19(24)15-10-11-18(26-2)16(13-15)22-20(25)23-12-6-9-17(23)14-7-4-3-5-8-14/h3-5,7-8,10-11,13,17H,6,9,12H2,1-2H3,(H,21,24)(H,22,25). The molecule has 26 heavy (non-hydrogen) atoms. The van der Waals surface area contributed by atoms with Crippen LogP contribution in [0.25, 0.3) is 0 Å². The maximum atomic E-state index is 12.9. The first-order valence-corrected chi connectivity index (χ1v) is 8.66. The van der Waals surface area contributed by atoms with Crippen molar-refractivity contribution in [3.63, 3.8) is 0 Å². The van der Waals surface area contributed by atoms with Crippen LogP contribution in [0.15, 0.2) is 48.5 Å². The third kappa shape index (κ3) is 3.64. The van der Waals surface area contributed by atoms with Gasteiger partial charge in [0.05, 0.1) is 18.8 Å². The predicted octanol–water partition coefficient (Wildman–Crippen LogP) is 3.42. The number of anilines is 1. The van der Waals surface area contributed by atoms with Gasteiger partial charge in [-0.05, 0) is 36.6 Å². The van der Waals surface area contributed by atoms with Crippen molar-refractivity contribution in [1.82, 2.24) is 10.2 Å². The van der Waals surface area contributed by atoms with E-state index < -0.39 is 0 Å². The third-order valence-corrected chi connectivity index (χ3v) is 4.63. The van der Waals surface area contributed by atoms with Crippen molar-refractivity contribution >= 4 is 17.6 Å². The highest BCUT2D eigenvalue weighted by atomic mass is 16.5. The molecule has 3 amide bonds. The van der Waals surface area contributed by atoms with Crippen molar-refractivity contribution in [2.45, 2.75) is 18.9 Å². The van der Waals surface area contributed by atoms with E-state index >= 15 is 0 Å². The quantitative estimate of drug-likeness (QED) is 0.885. The second-order valence-electron chi connectivity index (χ2n) is 6.19. The molecule has 1 heterocycles. The summed E-state index contributed by atoms with van der Waals surface area (Å²) in [6, 6.07) is 14.9. The van der Waals surface area contributed by atoms with Gasteiger partial charge in [0.2, 0.25) is 0 Å². The second-order valence-corrected chi connectivity index (χ2v) is 6.19. The lowest BCUT2D eigenvalue weighted by Crippen LogP contribution is -2.34. The Morgan fingerprint density at radius 2 is 1.92 bits per heavy atom. The van der Waals surface area contributed by atoms with Gasteiger partial charge in [-0.1, -0.05) is 30.3 Å². The van der Waals surface area contributed by atoms with E-state index in [0.717, 1.165) is 18.4 Å². The SMILES string of the molecule is CNC(=O)c1ccc(OC)c(NC(=O)N2CCCC2c2ccccc2)c1. The van der Waals surface area contributed by atoms with E-state index in [-0.39, 0.29) is 18.0 Å². The first kappa shape index (κ1) is 17.8. The fourth-order valence-corrected chi connectivity index (χ4v) is 3.31. The van der Waals surface area contributed by atoms with Crippen molar-refractivity contribution in [3.05, 3.63) is 59.7 Å². The van der Waals surface area contributed by atoms with Gasteiger partial charge in [0, 0.05) is 19.2 Å². The number of likely N-dealkylation sites (tertiary alicyclic amines) is 1. The van der Waals surface area contributed by atoms with Gasteiger partial charge in [-0.15, -0.1) is 0 Å². The molecule has 3 rings (SSSR count). The van der Waals surface area contributed by atoms with Crippen LogP contribution in [-0.2, 0) is 0 Å². The summed E-state index contributed by atoms with van der Waals surface area (Å²) in [5.41, 5.74) is 2.08. The minimum atomic E-state index is -0.216. The van der Waals surface area contributed by atoms with Crippen LogP contribution in [0, 0.1) is 0 Å². The summed E-state index contributed by atoms with van der Waals surface area (Å²) >= 11 is 0. The molecule has 6 heteroatoms. The molecule has 6 nitrogen and oxygen atoms in total. The first-order chi connectivity index (χ1) is 12.6. The van der Waals surface area contributed by atoms with E-state index in [1.54, 1.807) is 25.2 Å². The van der Waals surface area contributed by atoms with E-state index in [1.165, 1.54) is 7.11 Å².